The van der Waals surface area contributed by atoms with E-state index in [-0.39, 0.29) is 5.92 Å². The van der Waals surface area contributed by atoms with Crippen molar-refractivity contribution >= 4 is 49.3 Å². The molecule has 180 valence electrons. The van der Waals surface area contributed by atoms with Gasteiger partial charge in [0.05, 0.1) is 0 Å². The zero-order chi connectivity index (χ0) is 25.1. The van der Waals surface area contributed by atoms with Gasteiger partial charge in [-0.3, -0.25) is 0 Å². The second-order valence-electron chi connectivity index (χ2n) is 10.4. The van der Waals surface area contributed by atoms with Crippen molar-refractivity contribution in [2.75, 3.05) is 19.0 Å². The molecule has 37 heavy (non-hydrogen) atoms. The lowest BCUT2D eigenvalue weighted by Crippen LogP contribution is -2.09. The van der Waals surface area contributed by atoms with Gasteiger partial charge in [-0.05, 0) is 78.2 Å². The van der Waals surface area contributed by atoms with Gasteiger partial charge in [-0.2, -0.15) is 0 Å². The summed E-state index contributed by atoms with van der Waals surface area (Å²) in [6.07, 6.45) is 0. The predicted octanol–water partition coefficient (Wildman–Crippen LogP) is 8.51. The Morgan fingerprint density at radius 3 is 1.68 bits per heavy atom. The van der Waals surface area contributed by atoms with Crippen molar-refractivity contribution in [3.05, 3.63) is 125 Å². The molecule has 2 aromatic heterocycles. The largest absolute Gasteiger partial charge is 0.378 e. The van der Waals surface area contributed by atoms with E-state index in [0.717, 1.165) is 0 Å². The highest BCUT2D eigenvalue weighted by Crippen LogP contribution is 2.38. The molecule has 1 atom stereocenters. The van der Waals surface area contributed by atoms with E-state index in [1.54, 1.807) is 0 Å². The molecule has 0 bridgehead atoms. The van der Waals surface area contributed by atoms with Crippen LogP contribution in [0.5, 0.6) is 0 Å². The number of rotatable bonds is 4. The third-order valence-corrected chi connectivity index (χ3v) is 7.72. The van der Waals surface area contributed by atoms with Crippen LogP contribution in [-0.4, -0.2) is 24.1 Å². The minimum Gasteiger partial charge on any atom is -0.378 e. The highest BCUT2D eigenvalue weighted by molar-refractivity contribution is 6.08. The lowest BCUT2D eigenvalue weighted by atomic mass is 9.84. The maximum Gasteiger partial charge on any atom is 0.0465 e. The Labute approximate surface area is 216 Å². The number of aryl methyl sites for hydroxylation is 1. The molecule has 2 heterocycles. The maximum absolute atomic E-state index is 3.60. The third-order valence-electron chi connectivity index (χ3n) is 7.72. The van der Waals surface area contributed by atoms with Gasteiger partial charge in [-0.1, -0.05) is 54.1 Å². The number of aromatic amines is 2. The molecular weight excluding hydrogens is 450 g/mol. The van der Waals surface area contributed by atoms with Crippen molar-refractivity contribution in [3.63, 3.8) is 0 Å². The van der Waals surface area contributed by atoms with Gasteiger partial charge in [0.15, 0.2) is 0 Å². The van der Waals surface area contributed by atoms with E-state index in [1.165, 1.54) is 71.6 Å². The number of para-hydroxylation sites is 1. The van der Waals surface area contributed by atoms with E-state index >= 15 is 0 Å². The highest BCUT2D eigenvalue weighted by atomic mass is 15.1. The van der Waals surface area contributed by atoms with Crippen molar-refractivity contribution in [3.8, 4) is 0 Å². The molecule has 3 heteroatoms. The topological polar surface area (TPSA) is 34.8 Å². The van der Waals surface area contributed by atoms with Crippen LogP contribution in [0.4, 0.5) is 5.69 Å². The van der Waals surface area contributed by atoms with Gasteiger partial charge in [0.1, 0.15) is 0 Å². The van der Waals surface area contributed by atoms with Crippen LogP contribution in [0, 0.1) is 6.92 Å². The van der Waals surface area contributed by atoms with Crippen LogP contribution in [0.15, 0.2) is 103 Å². The fourth-order valence-corrected chi connectivity index (χ4v) is 5.80. The summed E-state index contributed by atoms with van der Waals surface area (Å²) in [7, 11) is 4.18. The summed E-state index contributed by atoms with van der Waals surface area (Å²) in [5.74, 6) is 0.119. The van der Waals surface area contributed by atoms with E-state index in [2.05, 4.69) is 139 Å². The zero-order valence-electron chi connectivity index (χ0n) is 21.3. The van der Waals surface area contributed by atoms with Crippen LogP contribution in [0.25, 0.3) is 43.6 Å². The molecule has 0 aliphatic rings. The van der Waals surface area contributed by atoms with E-state index in [1.807, 2.05) is 0 Å². The fraction of sp³-hybridized carbons (Fsp3) is 0.118. The molecule has 7 rings (SSSR count). The van der Waals surface area contributed by atoms with Crippen LogP contribution < -0.4 is 4.90 Å². The molecule has 0 aliphatic heterocycles. The van der Waals surface area contributed by atoms with Crippen LogP contribution in [-0.2, 0) is 0 Å². The minimum atomic E-state index is 0.119. The van der Waals surface area contributed by atoms with Gasteiger partial charge >= 0.3 is 0 Å². The zero-order valence-corrected chi connectivity index (χ0v) is 21.3. The van der Waals surface area contributed by atoms with Crippen LogP contribution in [0.1, 0.15) is 28.2 Å². The van der Waals surface area contributed by atoms with Crippen LogP contribution >= 0.6 is 0 Å². The number of anilines is 1. The number of H-pyrrole nitrogens is 2. The van der Waals surface area contributed by atoms with E-state index in [9.17, 15) is 0 Å². The number of hydrogen-bond donors (Lipinski definition) is 2. The van der Waals surface area contributed by atoms with Crippen molar-refractivity contribution in [2.24, 2.45) is 0 Å². The highest BCUT2D eigenvalue weighted by Gasteiger charge is 2.20. The van der Waals surface area contributed by atoms with Gasteiger partial charge in [-0.25, -0.2) is 0 Å². The predicted molar refractivity (Wildman–Crippen MR) is 158 cm³/mol. The third kappa shape index (κ3) is 3.58. The first-order chi connectivity index (χ1) is 18.0. The Kier molecular flexibility index (Phi) is 4.87. The summed E-state index contributed by atoms with van der Waals surface area (Å²) in [5.41, 5.74) is 11.1. The molecule has 0 saturated carbocycles. The normalized spacial score (nSPS) is 12.6. The first-order valence-corrected chi connectivity index (χ1v) is 12.8. The summed E-state index contributed by atoms with van der Waals surface area (Å²) < 4.78 is 0. The number of benzene rings is 5. The smallest absolute Gasteiger partial charge is 0.0465 e. The molecule has 0 fully saturated rings. The maximum atomic E-state index is 3.60. The Hall–Kier alpha value is -4.50. The van der Waals surface area contributed by atoms with Gasteiger partial charge in [0.2, 0.25) is 0 Å². The Morgan fingerprint density at radius 2 is 1.03 bits per heavy atom. The molecule has 0 spiro atoms. The van der Waals surface area contributed by atoms with E-state index in [0.29, 0.717) is 0 Å². The standard InChI is InChI=1S/C34H29N3/c1-21-8-15-31-27(18-21)29-20-24(12-17-33(29)36-31)34(22-9-13-25(14-10-22)37(2)3)23-11-16-32-28(19-23)26-6-4-5-7-30(26)35-32/h4-20,34-36H,1-3H3. The molecule has 0 aliphatic carbocycles. The number of nitrogens with zero attached hydrogens (tertiary/aromatic N) is 1. The summed E-state index contributed by atoms with van der Waals surface area (Å²) in [6.45, 7) is 2.16. The second kappa shape index (κ2) is 8.28. The monoisotopic (exact) mass is 479 g/mol. The molecule has 0 radical (unpaired) electrons. The summed E-state index contributed by atoms with van der Waals surface area (Å²) >= 11 is 0. The second-order valence-corrected chi connectivity index (χ2v) is 10.4. The molecular formula is C34H29N3. The molecule has 5 aromatic carbocycles. The summed E-state index contributed by atoms with van der Waals surface area (Å²) in [5, 5.41) is 5.10. The molecule has 1 unspecified atom stereocenters. The molecule has 2 N–H and O–H groups in total. The minimum absolute atomic E-state index is 0.119. The lowest BCUT2D eigenvalue weighted by Gasteiger charge is -2.21. The fourth-order valence-electron chi connectivity index (χ4n) is 5.80. The Balaban J connectivity index is 1.46. The SMILES string of the molecule is Cc1ccc2[nH]c3ccc(C(c4ccc(N(C)C)cc4)c4ccc5[nH]c6ccccc6c5c4)cc3c2c1. The van der Waals surface area contributed by atoms with Crippen molar-refractivity contribution in [2.45, 2.75) is 12.8 Å². The van der Waals surface area contributed by atoms with Gasteiger partial charge in [0.25, 0.3) is 0 Å². The van der Waals surface area contributed by atoms with Crippen molar-refractivity contribution in [1.82, 2.24) is 9.97 Å². The van der Waals surface area contributed by atoms with E-state index in [4.69, 9.17) is 0 Å². The quantitative estimate of drug-likeness (QED) is 0.244. The van der Waals surface area contributed by atoms with E-state index < -0.39 is 0 Å². The van der Waals surface area contributed by atoms with Crippen LogP contribution in [0.3, 0.4) is 0 Å². The van der Waals surface area contributed by atoms with Gasteiger partial charge in [0, 0.05) is 69.3 Å². The van der Waals surface area contributed by atoms with Crippen molar-refractivity contribution in [1.29, 1.82) is 0 Å². The molecule has 0 saturated heterocycles. The summed E-state index contributed by atoms with van der Waals surface area (Å²) in [6, 6.07) is 38.0. The van der Waals surface area contributed by atoms with Crippen LogP contribution in [0.2, 0.25) is 0 Å². The number of fused-ring (bicyclic) bond motifs is 6. The Bertz CT molecular complexity index is 1920. The lowest BCUT2D eigenvalue weighted by molar-refractivity contribution is 0.981. The molecule has 0 amide bonds. The molecule has 3 nitrogen and oxygen atoms in total. The Morgan fingerprint density at radius 1 is 0.514 bits per heavy atom. The van der Waals surface area contributed by atoms with Gasteiger partial charge in [-0.15, -0.1) is 0 Å². The number of aromatic nitrogens is 2. The first-order valence-electron chi connectivity index (χ1n) is 12.8. The average molecular weight is 480 g/mol. The average Bonchev–Trinajstić information content (AvgIpc) is 3.47. The van der Waals surface area contributed by atoms with Gasteiger partial charge < -0.3 is 14.9 Å². The number of nitrogens with one attached hydrogen (secondary N) is 2. The first kappa shape index (κ1) is 21.8. The molecule has 7 aromatic rings. The summed E-state index contributed by atoms with van der Waals surface area (Å²) in [4.78, 5) is 9.33. The number of hydrogen-bond acceptors (Lipinski definition) is 1. The van der Waals surface area contributed by atoms with Crippen molar-refractivity contribution < 1.29 is 0 Å².